The van der Waals surface area contributed by atoms with E-state index in [1.165, 1.54) is 12.1 Å². The van der Waals surface area contributed by atoms with Crippen molar-refractivity contribution in [3.8, 4) is 11.3 Å². The van der Waals surface area contributed by atoms with E-state index in [4.69, 9.17) is 16.6 Å². The van der Waals surface area contributed by atoms with Crippen molar-refractivity contribution in [3.63, 3.8) is 0 Å². The summed E-state index contributed by atoms with van der Waals surface area (Å²) in [6.45, 7) is 1.26. The molecule has 2 aromatic carbocycles. The number of aromatic nitrogens is 3. The number of hydrogen-bond donors (Lipinski definition) is 1. The second-order valence-electron chi connectivity index (χ2n) is 7.68. The summed E-state index contributed by atoms with van der Waals surface area (Å²) in [7, 11) is 0. The monoisotopic (exact) mass is 467 g/mol. The average Bonchev–Trinajstić information content (AvgIpc) is 3.47. The Hall–Kier alpha value is -3.30. The Morgan fingerprint density at radius 1 is 1.22 bits per heavy atom. The van der Waals surface area contributed by atoms with Crippen molar-refractivity contribution in [2.75, 3.05) is 13.1 Å². The fourth-order valence-corrected chi connectivity index (χ4v) is 5.21. The van der Waals surface area contributed by atoms with Crippen LogP contribution in [-0.4, -0.2) is 44.0 Å². The summed E-state index contributed by atoms with van der Waals surface area (Å²) >= 11 is 7.46. The third-order valence-electron chi connectivity index (χ3n) is 5.76. The molecule has 1 fully saturated rings. The predicted octanol–water partition coefficient (Wildman–Crippen LogP) is 5.27. The van der Waals surface area contributed by atoms with E-state index in [1.54, 1.807) is 17.4 Å². The Morgan fingerprint density at radius 3 is 2.78 bits per heavy atom. The van der Waals surface area contributed by atoms with E-state index in [9.17, 15) is 14.9 Å². The Morgan fingerprint density at radius 2 is 2.00 bits per heavy atom. The van der Waals surface area contributed by atoms with Crippen LogP contribution in [0, 0.1) is 10.1 Å². The zero-order chi connectivity index (χ0) is 22.2. The summed E-state index contributed by atoms with van der Waals surface area (Å²) in [6.07, 6.45) is 1.61. The van der Waals surface area contributed by atoms with Crippen molar-refractivity contribution in [3.05, 3.63) is 73.7 Å². The molecule has 162 valence electrons. The zero-order valence-electron chi connectivity index (χ0n) is 16.8. The molecule has 0 saturated carbocycles. The van der Waals surface area contributed by atoms with Gasteiger partial charge in [0.05, 0.1) is 21.1 Å². The van der Waals surface area contributed by atoms with Crippen molar-refractivity contribution >= 4 is 45.4 Å². The average molecular weight is 468 g/mol. The minimum atomic E-state index is -0.492. The van der Waals surface area contributed by atoms with Gasteiger partial charge in [-0.1, -0.05) is 35.9 Å². The SMILES string of the molecule is O=C(c1n[nH]c2ccccc12)N1CCC(c2nc(-c3ccc(Cl)c([N+](=O)[O-])c3)cs2)CC1. The van der Waals surface area contributed by atoms with E-state index in [2.05, 4.69) is 10.2 Å². The maximum absolute atomic E-state index is 13.0. The first-order valence-electron chi connectivity index (χ1n) is 10.1. The van der Waals surface area contributed by atoms with Crippen molar-refractivity contribution < 1.29 is 9.72 Å². The molecule has 3 heterocycles. The molecular weight excluding hydrogens is 450 g/mol. The number of nitrogens with zero attached hydrogens (tertiary/aromatic N) is 4. The number of benzene rings is 2. The zero-order valence-corrected chi connectivity index (χ0v) is 18.4. The van der Waals surface area contributed by atoms with Crippen molar-refractivity contribution in [1.82, 2.24) is 20.1 Å². The lowest BCUT2D eigenvalue weighted by Gasteiger charge is -2.30. The summed E-state index contributed by atoms with van der Waals surface area (Å²) in [5.41, 5.74) is 2.55. The van der Waals surface area contributed by atoms with Gasteiger partial charge >= 0.3 is 0 Å². The van der Waals surface area contributed by atoms with E-state index in [-0.39, 0.29) is 22.5 Å². The number of thiazole rings is 1. The Bertz CT molecular complexity index is 1330. The van der Waals surface area contributed by atoms with E-state index in [0.717, 1.165) is 28.8 Å². The number of halogens is 1. The van der Waals surface area contributed by atoms with Gasteiger partial charge in [0, 0.05) is 41.4 Å². The molecule has 0 atom stereocenters. The first-order chi connectivity index (χ1) is 15.5. The molecular formula is C22H18ClN5O3S. The number of nitro groups is 1. The summed E-state index contributed by atoms with van der Waals surface area (Å²) < 4.78 is 0. The number of para-hydroxylation sites is 1. The van der Waals surface area contributed by atoms with Crippen LogP contribution in [0.2, 0.25) is 5.02 Å². The smallest absolute Gasteiger partial charge is 0.288 e. The molecule has 4 aromatic rings. The van der Waals surface area contributed by atoms with Gasteiger partial charge in [0.1, 0.15) is 5.02 Å². The number of fused-ring (bicyclic) bond motifs is 1. The normalized spacial score (nSPS) is 14.7. The number of likely N-dealkylation sites (tertiary alicyclic amines) is 1. The highest BCUT2D eigenvalue weighted by molar-refractivity contribution is 7.10. The lowest BCUT2D eigenvalue weighted by Crippen LogP contribution is -2.38. The minimum Gasteiger partial charge on any atom is -0.337 e. The number of hydrogen-bond acceptors (Lipinski definition) is 6. The second-order valence-corrected chi connectivity index (χ2v) is 8.98. The Kier molecular flexibility index (Phi) is 5.36. The van der Waals surface area contributed by atoms with Crippen LogP contribution in [0.1, 0.15) is 34.3 Å². The molecule has 32 heavy (non-hydrogen) atoms. The van der Waals surface area contributed by atoms with Gasteiger partial charge < -0.3 is 4.90 Å². The molecule has 0 bridgehead atoms. The van der Waals surface area contributed by atoms with Gasteiger partial charge in [-0.15, -0.1) is 11.3 Å². The van der Waals surface area contributed by atoms with E-state index in [0.29, 0.717) is 30.0 Å². The Labute approximate surface area is 192 Å². The molecule has 10 heteroatoms. The van der Waals surface area contributed by atoms with Crippen LogP contribution in [0.5, 0.6) is 0 Å². The fraction of sp³-hybridized carbons (Fsp3) is 0.227. The molecule has 0 aliphatic carbocycles. The molecule has 1 N–H and O–H groups in total. The topological polar surface area (TPSA) is 105 Å². The maximum Gasteiger partial charge on any atom is 0.288 e. The second kappa shape index (κ2) is 8.33. The first kappa shape index (κ1) is 20.6. The van der Waals surface area contributed by atoms with Gasteiger partial charge in [0.2, 0.25) is 0 Å². The van der Waals surface area contributed by atoms with Gasteiger partial charge in [0.25, 0.3) is 11.6 Å². The number of aromatic amines is 1. The molecule has 2 aromatic heterocycles. The van der Waals surface area contributed by atoms with Gasteiger partial charge in [-0.3, -0.25) is 20.0 Å². The molecule has 8 nitrogen and oxygen atoms in total. The van der Waals surface area contributed by atoms with Crippen LogP contribution >= 0.6 is 22.9 Å². The third-order valence-corrected chi connectivity index (χ3v) is 7.09. The van der Waals surface area contributed by atoms with Crippen LogP contribution in [0.4, 0.5) is 5.69 Å². The number of carbonyl (C=O) groups excluding carboxylic acids is 1. The van der Waals surface area contributed by atoms with Gasteiger partial charge in [0.15, 0.2) is 5.69 Å². The highest BCUT2D eigenvalue weighted by Gasteiger charge is 2.28. The third kappa shape index (κ3) is 3.74. The molecule has 1 aliphatic rings. The van der Waals surface area contributed by atoms with E-state index < -0.39 is 4.92 Å². The highest BCUT2D eigenvalue weighted by Crippen LogP contribution is 2.35. The van der Waals surface area contributed by atoms with E-state index in [1.807, 2.05) is 34.5 Å². The summed E-state index contributed by atoms with van der Waals surface area (Å²) in [4.78, 5) is 30.2. The molecule has 0 radical (unpaired) electrons. The predicted molar refractivity (Wildman–Crippen MR) is 123 cm³/mol. The number of piperidine rings is 1. The first-order valence-corrected chi connectivity index (χ1v) is 11.4. The fourth-order valence-electron chi connectivity index (χ4n) is 4.03. The molecule has 0 unspecified atom stereocenters. The number of H-pyrrole nitrogens is 1. The summed E-state index contributed by atoms with van der Waals surface area (Å²) in [6, 6.07) is 12.3. The number of amides is 1. The largest absolute Gasteiger partial charge is 0.337 e. The molecule has 0 spiro atoms. The Balaban J connectivity index is 1.28. The standard InChI is InChI=1S/C22H18ClN5O3S/c23-16-6-5-14(11-19(16)28(30)31)18-12-32-21(24-18)13-7-9-27(10-8-13)22(29)20-15-3-1-2-4-17(15)25-26-20/h1-6,11-13H,7-10H2,(H,25,26). The number of nitrogens with one attached hydrogen (secondary N) is 1. The number of carbonyl (C=O) groups is 1. The minimum absolute atomic E-state index is 0.0609. The van der Waals surface area contributed by atoms with Gasteiger partial charge in [-0.05, 0) is 25.0 Å². The highest BCUT2D eigenvalue weighted by atomic mass is 35.5. The molecule has 1 amide bonds. The van der Waals surface area contributed by atoms with Gasteiger partial charge in [-0.25, -0.2) is 4.98 Å². The van der Waals surface area contributed by atoms with Crippen molar-refractivity contribution in [1.29, 1.82) is 0 Å². The van der Waals surface area contributed by atoms with Crippen LogP contribution in [0.15, 0.2) is 47.8 Å². The van der Waals surface area contributed by atoms with Gasteiger partial charge in [-0.2, -0.15) is 5.10 Å². The lowest BCUT2D eigenvalue weighted by molar-refractivity contribution is -0.384. The number of rotatable bonds is 4. The molecule has 1 saturated heterocycles. The van der Waals surface area contributed by atoms with Crippen molar-refractivity contribution in [2.45, 2.75) is 18.8 Å². The van der Waals surface area contributed by atoms with Crippen LogP contribution < -0.4 is 0 Å². The molecule has 1 aliphatic heterocycles. The van der Waals surface area contributed by atoms with E-state index >= 15 is 0 Å². The van der Waals surface area contributed by atoms with Crippen LogP contribution in [-0.2, 0) is 0 Å². The lowest BCUT2D eigenvalue weighted by atomic mass is 9.97. The van der Waals surface area contributed by atoms with Crippen LogP contribution in [0.3, 0.4) is 0 Å². The summed E-state index contributed by atoms with van der Waals surface area (Å²) in [5, 5.41) is 22.1. The van der Waals surface area contributed by atoms with Crippen LogP contribution in [0.25, 0.3) is 22.2 Å². The maximum atomic E-state index is 13.0. The number of nitro benzene ring substituents is 1. The van der Waals surface area contributed by atoms with Crippen molar-refractivity contribution in [2.24, 2.45) is 0 Å². The molecule has 5 rings (SSSR count). The quantitative estimate of drug-likeness (QED) is 0.325. The summed E-state index contributed by atoms with van der Waals surface area (Å²) in [5.74, 6) is 0.185.